The molecule has 1 atom stereocenters. The van der Waals surface area contributed by atoms with Crippen LogP contribution in [0.3, 0.4) is 0 Å². The van der Waals surface area contributed by atoms with Gasteiger partial charge in [0.1, 0.15) is 18.2 Å². The van der Waals surface area contributed by atoms with Gasteiger partial charge < -0.3 is 4.74 Å². The molecule has 0 amide bonds. The first-order valence-corrected chi connectivity index (χ1v) is 9.74. The molecule has 3 rings (SSSR count). The van der Waals surface area contributed by atoms with Crippen molar-refractivity contribution >= 4 is 0 Å². The Kier molecular flexibility index (Phi) is 5.78. The van der Waals surface area contributed by atoms with Crippen molar-refractivity contribution in [2.24, 2.45) is 5.92 Å². The van der Waals surface area contributed by atoms with Gasteiger partial charge >= 0.3 is 0 Å². The van der Waals surface area contributed by atoms with Crippen LogP contribution in [0, 0.1) is 11.7 Å². The molecule has 2 aliphatic rings. The number of hydrogen-bond acceptors (Lipinski definition) is 1. The maximum atomic E-state index is 15.0. The molecule has 134 valence electrons. The molecule has 1 unspecified atom stereocenters. The van der Waals surface area contributed by atoms with Crippen LogP contribution < -0.4 is 4.74 Å². The average molecular weight is 336 g/mol. The first kappa shape index (κ1) is 17.7. The molecule has 1 aliphatic carbocycles. The number of ether oxygens (including phenoxy) is 1. The monoisotopic (exact) mass is 336 g/mol. The van der Waals surface area contributed by atoms with Gasteiger partial charge in [0.05, 0.1) is 11.7 Å². The summed E-state index contributed by atoms with van der Waals surface area (Å²) in [6, 6.07) is 1.99. The van der Waals surface area contributed by atoms with Crippen LogP contribution in [0.4, 0.5) is 8.78 Å². The van der Waals surface area contributed by atoms with E-state index < -0.39 is 6.67 Å². The smallest absolute Gasteiger partial charge is 0.136 e. The molecule has 1 heterocycles. The molecule has 1 aliphatic heterocycles. The lowest BCUT2D eigenvalue weighted by atomic mass is 9.76. The zero-order valence-corrected chi connectivity index (χ0v) is 15.0. The number of hydrogen-bond donors (Lipinski definition) is 0. The molecule has 1 nitrogen and oxygen atoms in total. The third-order valence-corrected chi connectivity index (χ3v) is 6.01. The molecular weight excluding hydrogens is 306 g/mol. The molecule has 24 heavy (non-hydrogen) atoms. The van der Waals surface area contributed by atoms with Gasteiger partial charge in [-0.1, -0.05) is 26.7 Å². The number of fused-ring (bicyclic) bond motifs is 1. The number of alkyl halides is 1. The summed E-state index contributed by atoms with van der Waals surface area (Å²) in [6.45, 7) is 3.51. The molecule has 0 N–H and O–H groups in total. The van der Waals surface area contributed by atoms with E-state index in [2.05, 4.69) is 13.8 Å². The second-order valence-corrected chi connectivity index (χ2v) is 7.57. The fourth-order valence-electron chi connectivity index (χ4n) is 4.53. The van der Waals surface area contributed by atoms with Crippen molar-refractivity contribution < 1.29 is 13.5 Å². The molecule has 1 aromatic rings. The molecule has 0 spiro atoms. The van der Waals surface area contributed by atoms with Crippen LogP contribution >= 0.6 is 0 Å². The van der Waals surface area contributed by atoms with Crippen LogP contribution in [-0.4, -0.2) is 6.10 Å². The number of rotatable bonds is 5. The molecule has 3 heteroatoms. The van der Waals surface area contributed by atoms with Gasteiger partial charge in [-0.3, -0.25) is 0 Å². The Balaban J connectivity index is 1.85. The van der Waals surface area contributed by atoms with Gasteiger partial charge in [-0.05, 0) is 74.0 Å². The summed E-state index contributed by atoms with van der Waals surface area (Å²) >= 11 is 0. The minimum atomic E-state index is -0.774. The third-order valence-electron chi connectivity index (χ3n) is 6.01. The summed E-state index contributed by atoms with van der Waals surface area (Å²) in [5.41, 5.74) is 1.92. The fourth-order valence-corrected chi connectivity index (χ4v) is 4.53. The van der Waals surface area contributed by atoms with Crippen molar-refractivity contribution in [1.29, 1.82) is 0 Å². The Morgan fingerprint density at radius 3 is 2.50 bits per heavy atom. The van der Waals surface area contributed by atoms with E-state index in [-0.39, 0.29) is 23.4 Å². The van der Waals surface area contributed by atoms with Gasteiger partial charge in [-0.2, -0.15) is 0 Å². The van der Waals surface area contributed by atoms with Gasteiger partial charge in [0.2, 0.25) is 0 Å². The zero-order chi connectivity index (χ0) is 17.1. The predicted octanol–water partition coefficient (Wildman–Crippen LogP) is 6.47. The largest absolute Gasteiger partial charge is 0.490 e. The van der Waals surface area contributed by atoms with Crippen LogP contribution in [0.15, 0.2) is 6.07 Å². The summed E-state index contributed by atoms with van der Waals surface area (Å²) in [5, 5.41) is 0. The lowest BCUT2D eigenvalue weighted by molar-refractivity contribution is 0.164. The Hall–Kier alpha value is -1.12. The zero-order valence-electron chi connectivity index (χ0n) is 15.0. The van der Waals surface area contributed by atoms with Crippen molar-refractivity contribution in [2.45, 2.75) is 90.3 Å². The topological polar surface area (TPSA) is 9.23 Å². The Morgan fingerprint density at radius 2 is 1.88 bits per heavy atom. The molecule has 0 saturated heterocycles. The molecule has 0 aromatic heterocycles. The lowest BCUT2D eigenvalue weighted by Gasteiger charge is -2.32. The molecule has 1 saturated carbocycles. The van der Waals surface area contributed by atoms with E-state index in [1.165, 1.54) is 25.7 Å². The standard InChI is InChI=1S/C21H30F2O/c1-3-5-14-6-8-15(9-7-14)18-12-16-10-11-17(4-2)24-21(16)19(13-22)20(18)23/h12,14-15,17H,3-11,13H2,1-2H3. The quantitative estimate of drug-likeness (QED) is 0.598. The van der Waals surface area contributed by atoms with Gasteiger partial charge in [-0.25, -0.2) is 8.78 Å². The SMILES string of the molecule is CCCC1CCC(c2cc3c(c(CF)c2F)OC(CC)CC3)CC1. The van der Waals surface area contributed by atoms with Gasteiger partial charge in [0.25, 0.3) is 0 Å². The van der Waals surface area contributed by atoms with Gasteiger partial charge in [0, 0.05) is 0 Å². The second-order valence-electron chi connectivity index (χ2n) is 7.57. The van der Waals surface area contributed by atoms with E-state index in [1.807, 2.05) is 6.07 Å². The molecule has 0 radical (unpaired) electrons. The van der Waals surface area contributed by atoms with Gasteiger partial charge in [0.15, 0.2) is 0 Å². The Labute approximate surface area is 144 Å². The summed E-state index contributed by atoms with van der Waals surface area (Å²) in [6.07, 6.45) is 9.72. The van der Waals surface area contributed by atoms with E-state index in [1.54, 1.807) is 0 Å². The number of aryl methyl sites for hydroxylation is 1. The van der Waals surface area contributed by atoms with Crippen molar-refractivity contribution in [3.8, 4) is 5.75 Å². The Morgan fingerprint density at radius 1 is 1.12 bits per heavy atom. The molecule has 0 bridgehead atoms. The van der Waals surface area contributed by atoms with Crippen LogP contribution in [-0.2, 0) is 13.1 Å². The number of halogens is 2. The highest BCUT2D eigenvalue weighted by atomic mass is 19.1. The number of benzene rings is 1. The third kappa shape index (κ3) is 3.45. The first-order valence-electron chi connectivity index (χ1n) is 9.74. The maximum absolute atomic E-state index is 15.0. The van der Waals surface area contributed by atoms with E-state index in [4.69, 9.17) is 4.74 Å². The Bertz CT molecular complexity index is 561. The molecule has 1 aromatic carbocycles. The van der Waals surface area contributed by atoms with Crippen LogP contribution in [0.2, 0.25) is 0 Å². The summed E-state index contributed by atoms with van der Waals surface area (Å²) in [4.78, 5) is 0. The van der Waals surface area contributed by atoms with Crippen molar-refractivity contribution in [2.75, 3.05) is 0 Å². The van der Waals surface area contributed by atoms with Crippen LogP contribution in [0.5, 0.6) is 5.75 Å². The highest BCUT2D eigenvalue weighted by Gasteiger charge is 2.30. The maximum Gasteiger partial charge on any atom is 0.136 e. The first-order chi connectivity index (χ1) is 11.7. The average Bonchev–Trinajstić information content (AvgIpc) is 2.62. The van der Waals surface area contributed by atoms with E-state index >= 15 is 4.39 Å². The summed E-state index contributed by atoms with van der Waals surface area (Å²) < 4.78 is 34.5. The fraction of sp³-hybridized carbons (Fsp3) is 0.714. The van der Waals surface area contributed by atoms with E-state index in [0.29, 0.717) is 5.75 Å². The van der Waals surface area contributed by atoms with Crippen LogP contribution in [0.1, 0.15) is 87.8 Å². The molecular formula is C21H30F2O. The normalized spacial score (nSPS) is 26.8. The van der Waals surface area contributed by atoms with Gasteiger partial charge in [-0.15, -0.1) is 0 Å². The van der Waals surface area contributed by atoms with E-state index in [9.17, 15) is 4.39 Å². The minimum Gasteiger partial charge on any atom is -0.490 e. The van der Waals surface area contributed by atoms with E-state index in [0.717, 1.165) is 49.1 Å². The summed E-state index contributed by atoms with van der Waals surface area (Å²) in [5.74, 6) is 1.20. The highest BCUT2D eigenvalue weighted by molar-refractivity contribution is 5.48. The molecule has 1 fully saturated rings. The van der Waals surface area contributed by atoms with Crippen molar-refractivity contribution in [1.82, 2.24) is 0 Å². The second kappa shape index (κ2) is 7.84. The lowest BCUT2D eigenvalue weighted by Crippen LogP contribution is -2.24. The van der Waals surface area contributed by atoms with Crippen LogP contribution in [0.25, 0.3) is 0 Å². The van der Waals surface area contributed by atoms with Crippen molar-refractivity contribution in [3.63, 3.8) is 0 Å². The minimum absolute atomic E-state index is 0.0949. The predicted molar refractivity (Wildman–Crippen MR) is 93.8 cm³/mol. The summed E-state index contributed by atoms with van der Waals surface area (Å²) in [7, 11) is 0. The van der Waals surface area contributed by atoms with Crippen molar-refractivity contribution in [3.05, 3.63) is 28.6 Å². The highest BCUT2D eigenvalue weighted by Crippen LogP contribution is 2.43.